The van der Waals surface area contributed by atoms with Crippen LogP contribution < -0.4 is 0 Å². The van der Waals surface area contributed by atoms with Crippen LogP contribution in [0.25, 0.3) is 0 Å². The fraction of sp³-hybridized carbons (Fsp3) is 0.727. The van der Waals surface area contributed by atoms with E-state index in [1.54, 1.807) is 5.06 Å². The molecule has 14 heavy (non-hydrogen) atoms. The van der Waals surface area contributed by atoms with Crippen LogP contribution in [0.3, 0.4) is 0 Å². The van der Waals surface area contributed by atoms with E-state index in [4.69, 9.17) is 4.84 Å². The topological polar surface area (TPSA) is 29.5 Å². The number of unbranched alkanes of at least 4 members (excludes halogenated alkanes) is 1. The van der Waals surface area contributed by atoms with Gasteiger partial charge in [0, 0.05) is 5.54 Å². The van der Waals surface area contributed by atoms with Gasteiger partial charge in [0.2, 0.25) is 0 Å². The summed E-state index contributed by atoms with van der Waals surface area (Å²) in [6.45, 7) is 8.80. The smallest absolute Gasteiger partial charge is 0.354 e. The van der Waals surface area contributed by atoms with Crippen LogP contribution in [0.1, 0.15) is 40.5 Å². The summed E-state index contributed by atoms with van der Waals surface area (Å²) in [6, 6.07) is 0. The molecule has 0 bridgehead atoms. The first-order valence-electron chi connectivity index (χ1n) is 5.14. The van der Waals surface area contributed by atoms with Crippen LogP contribution in [0.4, 0.5) is 0 Å². The molecule has 0 N–H and O–H groups in total. The van der Waals surface area contributed by atoms with Gasteiger partial charge in [-0.25, -0.2) is 4.79 Å². The van der Waals surface area contributed by atoms with Crippen molar-refractivity contribution in [2.75, 3.05) is 6.54 Å². The van der Waals surface area contributed by atoms with Crippen molar-refractivity contribution < 1.29 is 9.63 Å². The van der Waals surface area contributed by atoms with Crippen LogP contribution in [0.15, 0.2) is 11.6 Å². The molecule has 80 valence electrons. The Hall–Kier alpha value is -0.830. The molecule has 1 aliphatic heterocycles. The minimum Gasteiger partial charge on any atom is -0.363 e. The number of carbonyl (C=O) groups excluding carboxylic acids is 1. The second-order valence-corrected chi connectivity index (χ2v) is 4.60. The van der Waals surface area contributed by atoms with Crippen molar-refractivity contribution in [3.63, 3.8) is 0 Å². The van der Waals surface area contributed by atoms with Crippen LogP contribution in [0.2, 0.25) is 0 Å². The van der Waals surface area contributed by atoms with Gasteiger partial charge in [0.1, 0.15) is 0 Å². The first-order valence-corrected chi connectivity index (χ1v) is 5.14. The summed E-state index contributed by atoms with van der Waals surface area (Å²) in [5, 5.41) is 1.73. The van der Waals surface area contributed by atoms with Gasteiger partial charge < -0.3 is 4.84 Å². The Bertz CT molecular complexity index is 251. The molecule has 0 spiro atoms. The Kier molecular flexibility index (Phi) is 3.32. The van der Waals surface area contributed by atoms with Crippen LogP contribution >= 0.6 is 0 Å². The normalized spacial score (nSPS) is 21.7. The van der Waals surface area contributed by atoms with E-state index >= 15 is 0 Å². The van der Waals surface area contributed by atoms with Gasteiger partial charge >= 0.3 is 5.97 Å². The number of carbonyl (C=O) groups is 1. The van der Waals surface area contributed by atoms with E-state index in [1.165, 1.54) is 0 Å². The first-order chi connectivity index (χ1) is 6.45. The minimum atomic E-state index is -0.187. The summed E-state index contributed by atoms with van der Waals surface area (Å²) >= 11 is 0. The maximum absolute atomic E-state index is 11.4. The van der Waals surface area contributed by atoms with Gasteiger partial charge in [0.25, 0.3) is 0 Å². The predicted octanol–water partition coefficient (Wildman–Crippen LogP) is 2.29. The highest BCUT2D eigenvalue weighted by Crippen LogP contribution is 2.23. The lowest BCUT2D eigenvalue weighted by Gasteiger charge is -2.27. The molecule has 0 aromatic rings. The fourth-order valence-electron chi connectivity index (χ4n) is 1.25. The highest BCUT2D eigenvalue weighted by molar-refractivity contribution is 5.90. The molecule has 0 unspecified atom stereocenters. The van der Waals surface area contributed by atoms with Crippen LogP contribution in [-0.4, -0.2) is 23.1 Å². The number of hydrogen-bond donors (Lipinski definition) is 0. The van der Waals surface area contributed by atoms with Crippen molar-refractivity contribution in [2.45, 2.75) is 46.1 Å². The van der Waals surface area contributed by atoms with E-state index in [0.29, 0.717) is 6.54 Å². The van der Waals surface area contributed by atoms with Gasteiger partial charge in [-0.15, -0.1) is 5.06 Å². The number of hydrogen-bond acceptors (Lipinski definition) is 3. The summed E-state index contributed by atoms with van der Waals surface area (Å²) in [5.41, 5.74) is 0.680. The lowest BCUT2D eigenvalue weighted by molar-refractivity contribution is -0.189. The summed E-state index contributed by atoms with van der Waals surface area (Å²) < 4.78 is 0. The molecule has 1 fully saturated rings. The molecule has 0 saturated carbocycles. The Morgan fingerprint density at radius 1 is 1.50 bits per heavy atom. The molecule has 1 rings (SSSR count). The van der Waals surface area contributed by atoms with Gasteiger partial charge in [-0.1, -0.05) is 19.4 Å². The predicted molar refractivity (Wildman–Crippen MR) is 55.5 cm³/mol. The van der Waals surface area contributed by atoms with Crippen LogP contribution in [0, 0.1) is 0 Å². The summed E-state index contributed by atoms with van der Waals surface area (Å²) in [4.78, 5) is 16.6. The van der Waals surface area contributed by atoms with E-state index in [-0.39, 0.29) is 11.5 Å². The van der Waals surface area contributed by atoms with E-state index in [9.17, 15) is 4.79 Å². The second-order valence-electron chi connectivity index (χ2n) is 4.60. The lowest BCUT2D eigenvalue weighted by atomic mass is 10.1. The standard InChI is InChI=1S/C11H19NO2/c1-5-6-7-9-8-12(11(2,3)4)14-10(9)13/h7H,5-6,8H2,1-4H3/b9-7+. The highest BCUT2D eigenvalue weighted by Gasteiger charge is 2.34. The van der Waals surface area contributed by atoms with Crippen molar-refractivity contribution in [3.8, 4) is 0 Å². The number of nitrogens with zero attached hydrogens (tertiary/aromatic N) is 1. The quantitative estimate of drug-likeness (QED) is 0.636. The molecular formula is C11H19NO2. The van der Waals surface area contributed by atoms with E-state index < -0.39 is 0 Å². The van der Waals surface area contributed by atoms with E-state index in [0.717, 1.165) is 18.4 Å². The second kappa shape index (κ2) is 4.13. The molecule has 0 aromatic heterocycles. The lowest BCUT2D eigenvalue weighted by Crippen LogP contribution is -2.38. The van der Waals surface area contributed by atoms with Gasteiger partial charge in [-0.05, 0) is 27.2 Å². The molecule has 1 heterocycles. The minimum absolute atomic E-state index is 0.114. The van der Waals surface area contributed by atoms with Gasteiger partial charge in [-0.3, -0.25) is 0 Å². The fourth-order valence-corrected chi connectivity index (χ4v) is 1.25. The number of allylic oxidation sites excluding steroid dienone is 1. The van der Waals surface area contributed by atoms with Gasteiger partial charge in [-0.2, -0.15) is 0 Å². The molecule has 3 nitrogen and oxygen atoms in total. The monoisotopic (exact) mass is 197 g/mol. The number of rotatable bonds is 2. The SMILES string of the molecule is CCC/C=C1\CN(C(C)(C)C)OC1=O. The highest BCUT2D eigenvalue weighted by atomic mass is 16.7. The van der Waals surface area contributed by atoms with Crippen molar-refractivity contribution >= 4 is 5.97 Å². The third-order valence-electron chi connectivity index (χ3n) is 2.20. The van der Waals surface area contributed by atoms with Crippen LogP contribution in [-0.2, 0) is 9.63 Å². The van der Waals surface area contributed by atoms with Crippen molar-refractivity contribution in [1.29, 1.82) is 0 Å². The molecule has 3 heteroatoms. The van der Waals surface area contributed by atoms with Crippen molar-refractivity contribution in [3.05, 3.63) is 11.6 Å². The summed E-state index contributed by atoms with van der Waals surface area (Å²) in [6.07, 6.45) is 3.99. The molecular weight excluding hydrogens is 178 g/mol. The zero-order chi connectivity index (χ0) is 10.8. The average molecular weight is 197 g/mol. The molecule has 0 aliphatic carbocycles. The first kappa shape index (κ1) is 11.2. The maximum atomic E-state index is 11.4. The maximum Gasteiger partial charge on any atom is 0.354 e. The Morgan fingerprint density at radius 2 is 2.14 bits per heavy atom. The third-order valence-corrected chi connectivity index (χ3v) is 2.20. The average Bonchev–Trinajstić information content (AvgIpc) is 2.43. The molecule has 1 saturated heterocycles. The third kappa shape index (κ3) is 2.58. The molecule has 0 amide bonds. The summed E-state index contributed by atoms with van der Waals surface area (Å²) in [5.74, 6) is -0.187. The molecule has 0 atom stereocenters. The summed E-state index contributed by atoms with van der Waals surface area (Å²) in [7, 11) is 0. The molecule has 0 radical (unpaired) electrons. The largest absolute Gasteiger partial charge is 0.363 e. The number of hydroxylamine groups is 2. The van der Waals surface area contributed by atoms with Crippen molar-refractivity contribution in [2.24, 2.45) is 0 Å². The van der Waals surface area contributed by atoms with Gasteiger partial charge in [0.15, 0.2) is 0 Å². The van der Waals surface area contributed by atoms with Crippen LogP contribution in [0.5, 0.6) is 0 Å². The Labute approximate surface area is 85.7 Å². The van der Waals surface area contributed by atoms with Gasteiger partial charge in [0.05, 0.1) is 12.1 Å². The zero-order valence-electron chi connectivity index (χ0n) is 9.46. The van der Waals surface area contributed by atoms with Crippen molar-refractivity contribution in [1.82, 2.24) is 5.06 Å². The Morgan fingerprint density at radius 3 is 2.57 bits per heavy atom. The van der Waals surface area contributed by atoms with E-state index in [1.807, 2.05) is 26.8 Å². The molecule has 1 aliphatic rings. The Balaban J connectivity index is 2.65. The zero-order valence-corrected chi connectivity index (χ0v) is 9.46. The van der Waals surface area contributed by atoms with E-state index in [2.05, 4.69) is 6.92 Å². The molecule has 0 aromatic carbocycles.